The first-order chi connectivity index (χ1) is 10.9. The average Bonchev–Trinajstić information content (AvgIpc) is 2.52. The number of carbonyl (C=O) groups excluding carboxylic acids is 1. The van der Waals surface area contributed by atoms with Crippen molar-refractivity contribution in [2.45, 2.75) is 40.0 Å². The monoisotopic (exact) mass is 313 g/mol. The molecule has 3 heteroatoms. The standard InChI is InChI=1S/C20H24FNO/c1-13(2)17-7-5-16(6-8-17)9-10-22-20(23)18-11-14(3)19(21)15(4)12-18/h5-8,11-13H,9-10H2,1-4H3,(H,22,23). The van der Waals surface area contributed by atoms with Crippen LogP contribution in [0.5, 0.6) is 0 Å². The summed E-state index contributed by atoms with van der Waals surface area (Å²) in [4.78, 5) is 12.2. The molecule has 0 aromatic heterocycles. The Morgan fingerprint density at radius 2 is 1.65 bits per heavy atom. The van der Waals surface area contributed by atoms with Crippen molar-refractivity contribution in [2.75, 3.05) is 6.54 Å². The van der Waals surface area contributed by atoms with Crippen molar-refractivity contribution in [3.8, 4) is 0 Å². The normalized spacial score (nSPS) is 10.9. The van der Waals surface area contributed by atoms with Crippen molar-refractivity contribution in [1.29, 1.82) is 0 Å². The van der Waals surface area contributed by atoms with E-state index < -0.39 is 0 Å². The van der Waals surface area contributed by atoms with Crippen LogP contribution in [0.1, 0.15) is 52.4 Å². The van der Waals surface area contributed by atoms with Crippen molar-refractivity contribution < 1.29 is 9.18 Å². The highest BCUT2D eigenvalue weighted by molar-refractivity contribution is 5.94. The minimum Gasteiger partial charge on any atom is -0.352 e. The zero-order valence-corrected chi connectivity index (χ0v) is 14.2. The lowest BCUT2D eigenvalue weighted by Gasteiger charge is -2.09. The molecule has 0 unspecified atom stereocenters. The van der Waals surface area contributed by atoms with Crippen LogP contribution in [0.2, 0.25) is 0 Å². The van der Waals surface area contributed by atoms with Crippen LogP contribution in [0.4, 0.5) is 4.39 Å². The molecule has 0 heterocycles. The van der Waals surface area contributed by atoms with Gasteiger partial charge in [-0.1, -0.05) is 38.1 Å². The molecule has 0 spiro atoms. The molecule has 0 bridgehead atoms. The number of hydrogen-bond acceptors (Lipinski definition) is 1. The van der Waals surface area contributed by atoms with Gasteiger partial charge >= 0.3 is 0 Å². The van der Waals surface area contributed by atoms with Gasteiger partial charge in [-0.2, -0.15) is 0 Å². The van der Waals surface area contributed by atoms with Crippen LogP contribution in [0, 0.1) is 19.7 Å². The van der Waals surface area contributed by atoms with Gasteiger partial charge in [0.1, 0.15) is 5.82 Å². The number of amides is 1. The van der Waals surface area contributed by atoms with E-state index in [9.17, 15) is 9.18 Å². The maximum Gasteiger partial charge on any atom is 0.251 e. The summed E-state index contributed by atoms with van der Waals surface area (Å²) in [5.41, 5.74) is 4.02. The van der Waals surface area contributed by atoms with Crippen molar-refractivity contribution >= 4 is 5.91 Å². The quantitative estimate of drug-likeness (QED) is 0.863. The number of rotatable bonds is 5. The van der Waals surface area contributed by atoms with E-state index in [0.29, 0.717) is 29.2 Å². The Morgan fingerprint density at radius 3 is 2.17 bits per heavy atom. The second-order valence-corrected chi connectivity index (χ2v) is 6.33. The zero-order valence-electron chi connectivity index (χ0n) is 14.2. The number of halogens is 1. The summed E-state index contributed by atoms with van der Waals surface area (Å²) in [6, 6.07) is 11.7. The summed E-state index contributed by atoms with van der Waals surface area (Å²) in [6.07, 6.45) is 0.781. The minimum absolute atomic E-state index is 0.157. The van der Waals surface area contributed by atoms with Crippen molar-refractivity contribution in [3.05, 3.63) is 70.0 Å². The number of carbonyl (C=O) groups is 1. The van der Waals surface area contributed by atoms with Gasteiger partial charge in [0.25, 0.3) is 5.91 Å². The van der Waals surface area contributed by atoms with Gasteiger partial charge in [-0.25, -0.2) is 4.39 Å². The van der Waals surface area contributed by atoms with Crippen LogP contribution in [-0.2, 0) is 6.42 Å². The summed E-state index contributed by atoms with van der Waals surface area (Å²) in [5.74, 6) is 0.121. The van der Waals surface area contributed by atoms with Gasteiger partial charge < -0.3 is 5.32 Å². The van der Waals surface area contributed by atoms with Crippen LogP contribution in [-0.4, -0.2) is 12.5 Å². The van der Waals surface area contributed by atoms with Crippen LogP contribution in [0.25, 0.3) is 0 Å². The third-order valence-electron chi connectivity index (χ3n) is 4.04. The molecule has 2 aromatic rings. The van der Waals surface area contributed by atoms with Gasteiger partial charge in [-0.15, -0.1) is 0 Å². The molecule has 2 nitrogen and oxygen atoms in total. The predicted octanol–water partition coefficient (Wildman–Crippen LogP) is 4.54. The van der Waals surface area contributed by atoms with Gasteiger partial charge in [0.15, 0.2) is 0 Å². The lowest BCUT2D eigenvalue weighted by Crippen LogP contribution is -2.26. The zero-order chi connectivity index (χ0) is 17.0. The molecule has 122 valence electrons. The van der Waals surface area contributed by atoms with Gasteiger partial charge in [0.2, 0.25) is 0 Å². The van der Waals surface area contributed by atoms with Crippen LogP contribution >= 0.6 is 0 Å². The Balaban J connectivity index is 1.92. The Morgan fingerprint density at radius 1 is 1.09 bits per heavy atom. The maximum atomic E-state index is 13.6. The van der Waals surface area contributed by atoms with Gasteiger partial charge in [-0.3, -0.25) is 4.79 Å². The lowest BCUT2D eigenvalue weighted by molar-refractivity contribution is 0.0954. The Hall–Kier alpha value is -2.16. The highest BCUT2D eigenvalue weighted by Gasteiger charge is 2.10. The number of nitrogens with one attached hydrogen (secondary N) is 1. The van der Waals surface area contributed by atoms with Crippen LogP contribution in [0.15, 0.2) is 36.4 Å². The van der Waals surface area contributed by atoms with Crippen LogP contribution in [0.3, 0.4) is 0 Å². The highest BCUT2D eigenvalue weighted by Crippen LogP contribution is 2.16. The first kappa shape index (κ1) is 17.2. The molecular weight excluding hydrogens is 289 g/mol. The second-order valence-electron chi connectivity index (χ2n) is 6.33. The SMILES string of the molecule is Cc1cc(C(=O)NCCc2ccc(C(C)C)cc2)cc(C)c1F. The number of hydrogen-bond donors (Lipinski definition) is 1. The van der Waals surface area contributed by atoms with E-state index in [-0.39, 0.29) is 11.7 Å². The Kier molecular flexibility index (Phi) is 5.54. The highest BCUT2D eigenvalue weighted by atomic mass is 19.1. The van der Waals surface area contributed by atoms with Gasteiger partial charge in [0.05, 0.1) is 0 Å². The third kappa shape index (κ3) is 4.41. The minimum atomic E-state index is -0.244. The fourth-order valence-corrected chi connectivity index (χ4v) is 2.57. The van der Waals surface area contributed by atoms with Crippen LogP contribution < -0.4 is 5.32 Å². The molecule has 0 radical (unpaired) electrons. The smallest absolute Gasteiger partial charge is 0.251 e. The fraction of sp³-hybridized carbons (Fsp3) is 0.350. The Labute approximate surface area is 137 Å². The number of aryl methyl sites for hydroxylation is 2. The molecular formula is C20H24FNO. The first-order valence-electron chi connectivity index (χ1n) is 8.02. The van der Waals surface area contributed by atoms with Crippen molar-refractivity contribution in [3.63, 3.8) is 0 Å². The van der Waals surface area contributed by atoms with Gasteiger partial charge in [-0.05, 0) is 60.6 Å². The second kappa shape index (κ2) is 7.40. The van der Waals surface area contributed by atoms with E-state index in [4.69, 9.17) is 0 Å². The van der Waals surface area contributed by atoms with Crippen molar-refractivity contribution in [2.24, 2.45) is 0 Å². The topological polar surface area (TPSA) is 29.1 Å². The number of benzene rings is 2. The lowest BCUT2D eigenvalue weighted by atomic mass is 10.0. The molecule has 0 atom stereocenters. The summed E-state index contributed by atoms with van der Waals surface area (Å²) in [6.45, 7) is 8.25. The molecule has 0 aliphatic rings. The first-order valence-corrected chi connectivity index (χ1v) is 8.02. The summed E-state index contributed by atoms with van der Waals surface area (Å²) >= 11 is 0. The molecule has 0 fully saturated rings. The molecule has 2 aromatic carbocycles. The molecule has 2 rings (SSSR count). The summed E-state index contributed by atoms with van der Waals surface area (Å²) < 4.78 is 13.6. The molecule has 1 amide bonds. The third-order valence-corrected chi connectivity index (χ3v) is 4.04. The van der Waals surface area contributed by atoms with E-state index in [1.165, 1.54) is 11.1 Å². The molecule has 1 N–H and O–H groups in total. The molecule has 0 aliphatic heterocycles. The predicted molar refractivity (Wildman–Crippen MR) is 92.4 cm³/mol. The molecule has 0 saturated heterocycles. The molecule has 0 saturated carbocycles. The molecule has 0 aliphatic carbocycles. The van der Waals surface area contributed by atoms with E-state index in [2.05, 4.69) is 43.4 Å². The summed E-state index contributed by atoms with van der Waals surface area (Å²) in [5, 5.41) is 2.90. The average molecular weight is 313 g/mol. The molecule has 23 heavy (non-hydrogen) atoms. The van der Waals surface area contributed by atoms with Gasteiger partial charge in [0, 0.05) is 12.1 Å². The van der Waals surface area contributed by atoms with E-state index in [0.717, 1.165) is 6.42 Å². The van der Waals surface area contributed by atoms with E-state index in [1.54, 1.807) is 26.0 Å². The van der Waals surface area contributed by atoms with E-state index >= 15 is 0 Å². The fourth-order valence-electron chi connectivity index (χ4n) is 2.57. The summed E-state index contributed by atoms with van der Waals surface area (Å²) in [7, 11) is 0. The van der Waals surface area contributed by atoms with E-state index in [1.807, 2.05) is 0 Å². The largest absolute Gasteiger partial charge is 0.352 e. The van der Waals surface area contributed by atoms with Crippen molar-refractivity contribution in [1.82, 2.24) is 5.32 Å². The Bertz CT molecular complexity index is 666. The maximum absolute atomic E-state index is 13.6.